The van der Waals surface area contributed by atoms with Crippen LogP contribution in [-0.4, -0.2) is 14.5 Å². The molecule has 2 rings (SSSR count). The van der Waals surface area contributed by atoms with Crippen molar-refractivity contribution in [2.75, 3.05) is 0 Å². The highest BCUT2D eigenvalue weighted by atomic mass is 79.9. The fourth-order valence-corrected chi connectivity index (χ4v) is 3.83. The largest absolute Gasteiger partial charge is 0.297 e. The Morgan fingerprint density at radius 1 is 0.955 bits per heavy atom. The molecule has 0 radical (unpaired) electrons. The molecule has 0 saturated carbocycles. The first kappa shape index (κ1) is 17.7. The number of benzene rings is 2. The Morgan fingerprint density at radius 2 is 1.59 bits per heavy atom. The minimum absolute atomic E-state index is 0.0530. The van der Waals surface area contributed by atoms with Crippen LogP contribution in [0, 0.1) is 0 Å². The van der Waals surface area contributed by atoms with Crippen molar-refractivity contribution in [3.8, 4) is 0 Å². The Bertz CT molecular complexity index is 742. The van der Waals surface area contributed by atoms with Crippen molar-refractivity contribution in [1.82, 2.24) is 0 Å². The van der Waals surface area contributed by atoms with E-state index in [0.29, 0.717) is 0 Å². The van der Waals surface area contributed by atoms with Crippen molar-refractivity contribution >= 4 is 42.0 Å². The lowest BCUT2D eigenvalue weighted by molar-refractivity contribution is 0.203. The third-order valence-corrected chi connectivity index (χ3v) is 5.89. The maximum absolute atomic E-state index is 12.3. The normalized spacial score (nSPS) is 14.5. The van der Waals surface area contributed by atoms with Gasteiger partial charge in [-0.25, -0.2) is 0 Å². The topological polar surface area (TPSA) is 43.4 Å². The van der Waals surface area contributed by atoms with Crippen molar-refractivity contribution in [2.45, 2.75) is 30.8 Å². The second-order valence-corrected chi connectivity index (χ2v) is 8.46. The van der Waals surface area contributed by atoms with Gasteiger partial charge in [-0.1, -0.05) is 50.9 Å². The van der Waals surface area contributed by atoms with Gasteiger partial charge in [-0.3, -0.25) is 4.18 Å². The van der Waals surface area contributed by atoms with Crippen LogP contribution in [0.25, 0.3) is 0 Å². The van der Waals surface area contributed by atoms with E-state index in [9.17, 15) is 8.42 Å². The first-order valence-electron chi connectivity index (χ1n) is 6.74. The second-order valence-electron chi connectivity index (χ2n) is 5.05. The van der Waals surface area contributed by atoms with Gasteiger partial charge in [-0.15, -0.1) is 0 Å². The van der Waals surface area contributed by atoms with Crippen LogP contribution in [0.5, 0.6) is 0 Å². The summed E-state index contributed by atoms with van der Waals surface area (Å²) in [6, 6.07) is 14.2. The Hall–Kier alpha value is -0.690. The zero-order valence-corrected chi connectivity index (χ0v) is 16.2. The van der Waals surface area contributed by atoms with Gasteiger partial charge < -0.3 is 0 Å². The highest BCUT2D eigenvalue weighted by Gasteiger charge is 2.24. The fourth-order valence-electron chi connectivity index (χ4n) is 2.00. The summed E-state index contributed by atoms with van der Waals surface area (Å²) in [5.74, 6) is -0.0530. The molecule has 2 aromatic rings. The summed E-state index contributed by atoms with van der Waals surface area (Å²) in [6.45, 7) is 3.71. The SMILES string of the molecule is C[C@@H](OS(=O)(=O)c1ccc(Br)cc1)[C@@H](C)c1cccc(Br)c1. The van der Waals surface area contributed by atoms with Crippen LogP contribution in [-0.2, 0) is 14.3 Å². The predicted molar refractivity (Wildman–Crippen MR) is 94.4 cm³/mol. The fraction of sp³-hybridized carbons (Fsp3) is 0.250. The van der Waals surface area contributed by atoms with E-state index in [-0.39, 0.29) is 10.8 Å². The standard InChI is InChI=1S/C16H16Br2O3S/c1-11(13-4-3-5-15(18)10-13)12(2)21-22(19,20)16-8-6-14(17)7-9-16/h3-12H,1-2H3/t11-,12-/m1/s1. The van der Waals surface area contributed by atoms with Crippen LogP contribution in [0.4, 0.5) is 0 Å². The average molecular weight is 448 g/mol. The third kappa shape index (κ3) is 4.41. The molecule has 0 aliphatic rings. The molecule has 118 valence electrons. The molecule has 6 heteroatoms. The van der Waals surface area contributed by atoms with Crippen molar-refractivity contribution < 1.29 is 12.6 Å². The monoisotopic (exact) mass is 446 g/mol. The van der Waals surface area contributed by atoms with E-state index in [2.05, 4.69) is 31.9 Å². The van der Waals surface area contributed by atoms with Crippen LogP contribution < -0.4 is 0 Å². The van der Waals surface area contributed by atoms with Crippen LogP contribution in [0.3, 0.4) is 0 Å². The van der Waals surface area contributed by atoms with Crippen molar-refractivity contribution in [1.29, 1.82) is 0 Å². The Balaban J connectivity index is 2.16. The smallest absolute Gasteiger partial charge is 0.263 e. The van der Waals surface area contributed by atoms with Crippen LogP contribution in [0.15, 0.2) is 62.4 Å². The molecule has 0 aliphatic heterocycles. The molecule has 0 heterocycles. The summed E-state index contributed by atoms with van der Waals surface area (Å²) < 4.78 is 31.8. The number of rotatable bonds is 5. The minimum atomic E-state index is -3.77. The number of halogens is 2. The van der Waals surface area contributed by atoms with E-state index >= 15 is 0 Å². The summed E-state index contributed by atoms with van der Waals surface area (Å²) in [4.78, 5) is 0.156. The molecule has 0 N–H and O–H groups in total. The van der Waals surface area contributed by atoms with Crippen molar-refractivity contribution in [3.05, 3.63) is 63.0 Å². The summed E-state index contributed by atoms with van der Waals surface area (Å²) in [5, 5.41) is 0. The van der Waals surface area contributed by atoms with Gasteiger partial charge in [-0.2, -0.15) is 8.42 Å². The predicted octanol–water partition coefficient (Wildman–Crippen LogP) is 5.11. The van der Waals surface area contributed by atoms with Crippen molar-refractivity contribution in [3.63, 3.8) is 0 Å². The molecule has 0 spiro atoms. The molecule has 0 fully saturated rings. The quantitative estimate of drug-likeness (QED) is 0.598. The van der Waals surface area contributed by atoms with E-state index in [4.69, 9.17) is 4.18 Å². The van der Waals surface area contributed by atoms with Crippen LogP contribution >= 0.6 is 31.9 Å². The first-order valence-corrected chi connectivity index (χ1v) is 9.73. The van der Waals surface area contributed by atoms with Crippen molar-refractivity contribution in [2.24, 2.45) is 0 Å². The van der Waals surface area contributed by atoms with E-state index in [1.165, 1.54) is 12.1 Å². The van der Waals surface area contributed by atoms with Gasteiger partial charge in [0.15, 0.2) is 0 Å². The summed E-state index contributed by atoms with van der Waals surface area (Å²) in [7, 11) is -3.77. The lowest BCUT2D eigenvalue weighted by Crippen LogP contribution is -2.21. The summed E-state index contributed by atoms with van der Waals surface area (Å²) >= 11 is 6.70. The molecular formula is C16H16Br2O3S. The molecule has 0 bridgehead atoms. The van der Waals surface area contributed by atoms with Gasteiger partial charge in [0.2, 0.25) is 0 Å². The zero-order chi connectivity index (χ0) is 16.3. The molecule has 0 saturated heterocycles. The van der Waals surface area contributed by atoms with E-state index < -0.39 is 16.2 Å². The van der Waals surface area contributed by atoms with Gasteiger partial charge in [0.25, 0.3) is 10.1 Å². The van der Waals surface area contributed by atoms with Gasteiger partial charge in [0.1, 0.15) is 0 Å². The Kier molecular flexibility index (Phi) is 5.82. The van der Waals surface area contributed by atoms with Gasteiger partial charge in [0, 0.05) is 14.9 Å². The molecule has 3 nitrogen and oxygen atoms in total. The molecule has 0 aromatic heterocycles. The summed E-state index contributed by atoms with van der Waals surface area (Å²) in [6.07, 6.45) is -0.469. The lowest BCUT2D eigenvalue weighted by atomic mass is 9.97. The first-order chi connectivity index (χ1) is 10.3. The molecule has 2 atom stereocenters. The molecule has 0 aliphatic carbocycles. The minimum Gasteiger partial charge on any atom is -0.263 e. The zero-order valence-electron chi connectivity index (χ0n) is 12.2. The number of hydrogen-bond donors (Lipinski definition) is 0. The average Bonchev–Trinajstić information content (AvgIpc) is 2.46. The molecule has 0 amide bonds. The maximum Gasteiger partial charge on any atom is 0.297 e. The molecule has 0 unspecified atom stereocenters. The maximum atomic E-state index is 12.3. The van der Waals surface area contributed by atoms with Crippen LogP contribution in [0.1, 0.15) is 25.3 Å². The highest BCUT2D eigenvalue weighted by molar-refractivity contribution is 9.10. The lowest BCUT2D eigenvalue weighted by Gasteiger charge is -2.20. The molecular weight excluding hydrogens is 432 g/mol. The van der Waals surface area contributed by atoms with Gasteiger partial charge >= 0.3 is 0 Å². The second kappa shape index (κ2) is 7.25. The van der Waals surface area contributed by atoms with E-state index in [1.807, 2.05) is 31.2 Å². The molecule has 22 heavy (non-hydrogen) atoms. The van der Waals surface area contributed by atoms with Crippen LogP contribution in [0.2, 0.25) is 0 Å². The third-order valence-electron chi connectivity index (χ3n) is 3.46. The highest BCUT2D eigenvalue weighted by Crippen LogP contribution is 2.27. The molecule has 2 aromatic carbocycles. The van der Waals surface area contributed by atoms with E-state index in [0.717, 1.165) is 14.5 Å². The Morgan fingerprint density at radius 3 is 2.18 bits per heavy atom. The van der Waals surface area contributed by atoms with E-state index in [1.54, 1.807) is 19.1 Å². The van der Waals surface area contributed by atoms with Gasteiger partial charge in [0.05, 0.1) is 11.0 Å². The summed E-state index contributed by atoms with van der Waals surface area (Å²) in [5.41, 5.74) is 1.02. The number of hydrogen-bond acceptors (Lipinski definition) is 3. The van der Waals surface area contributed by atoms with Gasteiger partial charge in [-0.05, 0) is 48.9 Å². The Labute approximate surface area is 148 Å².